The normalized spacial score (nSPS) is 10.5. The van der Waals surface area contributed by atoms with E-state index in [1.54, 1.807) is 6.07 Å². The van der Waals surface area contributed by atoms with Gasteiger partial charge in [-0.05, 0) is 24.3 Å². The van der Waals surface area contributed by atoms with E-state index in [4.69, 9.17) is 0 Å². The molecule has 0 heterocycles. The summed E-state index contributed by atoms with van der Waals surface area (Å²) in [5.74, 6) is -4.26. The van der Waals surface area contributed by atoms with Crippen LogP contribution < -0.4 is 5.32 Å². The lowest BCUT2D eigenvalue weighted by Gasteiger charge is -2.09. The summed E-state index contributed by atoms with van der Waals surface area (Å²) in [5.41, 5.74) is -0.154. The van der Waals surface area contributed by atoms with Crippen LogP contribution in [0.25, 0.3) is 0 Å². The van der Waals surface area contributed by atoms with Crippen LogP contribution >= 0.6 is 15.9 Å². The van der Waals surface area contributed by atoms with Gasteiger partial charge < -0.3 is 5.32 Å². The topological polar surface area (TPSA) is 55.2 Å². The molecule has 0 amide bonds. The molecular formula is C13H8BrF3N2O2. The van der Waals surface area contributed by atoms with Gasteiger partial charge in [0.2, 0.25) is 0 Å². The molecule has 0 aliphatic rings. The van der Waals surface area contributed by atoms with Crippen molar-refractivity contribution in [3.8, 4) is 0 Å². The van der Waals surface area contributed by atoms with Gasteiger partial charge in [0.25, 0.3) is 5.69 Å². The van der Waals surface area contributed by atoms with Crippen LogP contribution in [0.1, 0.15) is 5.56 Å². The third kappa shape index (κ3) is 3.33. The minimum absolute atomic E-state index is 0.106. The summed E-state index contributed by atoms with van der Waals surface area (Å²) >= 11 is 3.11. The summed E-state index contributed by atoms with van der Waals surface area (Å²) in [5, 5.41) is 13.4. The maximum absolute atomic E-state index is 13.5. The molecule has 0 saturated carbocycles. The summed E-state index contributed by atoms with van der Waals surface area (Å²) in [6.07, 6.45) is 0. The van der Waals surface area contributed by atoms with Crippen LogP contribution in [0.5, 0.6) is 0 Å². The standard InChI is InChI=1S/C13H8BrF3N2O2/c14-8-2-1-7(11(5-8)19(20)21)6-18-10-4-3-9(15)12(16)13(10)17/h1-5,18H,6H2. The van der Waals surface area contributed by atoms with Crippen LogP contribution in [0.4, 0.5) is 24.5 Å². The minimum atomic E-state index is -1.59. The second kappa shape index (κ2) is 6.13. The third-order valence-electron chi connectivity index (χ3n) is 2.75. The number of rotatable bonds is 4. The zero-order chi connectivity index (χ0) is 15.6. The van der Waals surface area contributed by atoms with E-state index >= 15 is 0 Å². The smallest absolute Gasteiger partial charge is 0.275 e. The fraction of sp³-hybridized carbons (Fsp3) is 0.0769. The average Bonchev–Trinajstić information content (AvgIpc) is 2.45. The van der Waals surface area contributed by atoms with E-state index in [1.165, 1.54) is 12.1 Å². The van der Waals surface area contributed by atoms with Gasteiger partial charge in [-0.1, -0.05) is 15.9 Å². The molecule has 0 radical (unpaired) electrons. The first-order chi connectivity index (χ1) is 9.90. The summed E-state index contributed by atoms with van der Waals surface area (Å²) in [6, 6.07) is 6.17. The van der Waals surface area contributed by atoms with Crippen LogP contribution in [0.3, 0.4) is 0 Å². The second-order valence-corrected chi connectivity index (χ2v) is 5.02. The van der Waals surface area contributed by atoms with Crippen LogP contribution in [0, 0.1) is 27.6 Å². The number of hydrogen-bond donors (Lipinski definition) is 1. The zero-order valence-electron chi connectivity index (χ0n) is 10.4. The van der Waals surface area contributed by atoms with Crippen molar-refractivity contribution in [3.63, 3.8) is 0 Å². The average molecular weight is 361 g/mol. The molecule has 0 aliphatic carbocycles. The first-order valence-electron chi connectivity index (χ1n) is 5.70. The highest BCUT2D eigenvalue weighted by Crippen LogP contribution is 2.25. The van der Waals surface area contributed by atoms with Crippen molar-refractivity contribution in [3.05, 3.63) is 67.9 Å². The molecule has 1 N–H and O–H groups in total. The molecule has 2 rings (SSSR count). The van der Waals surface area contributed by atoms with Gasteiger partial charge in [0.05, 0.1) is 10.6 Å². The lowest BCUT2D eigenvalue weighted by Crippen LogP contribution is -2.06. The molecule has 0 atom stereocenters. The highest BCUT2D eigenvalue weighted by atomic mass is 79.9. The van der Waals surface area contributed by atoms with Crippen molar-refractivity contribution in [2.75, 3.05) is 5.32 Å². The maximum atomic E-state index is 13.5. The number of benzene rings is 2. The van der Waals surface area contributed by atoms with Crippen LogP contribution in [0.2, 0.25) is 0 Å². The van der Waals surface area contributed by atoms with Gasteiger partial charge >= 0.3 is 0 Å². The molecule has 2 aromatic carbocycles. The molecule has 0 unspecified atom stereocenters. The monoisotopic (exact) mass is 360 g/mol. The van der Waals surface area contributed by atoms with Crippen molar-refractivity contribution in [1.29, 1.82) is 0 Å². The van der Waals surface area contributed by atoms with E-state index in [9.17, 15) is 23.3 Å². The van der Waals surface area contributed by atoms with Crippen molar-refractivity contribution >= 4 is 27.3 Å². The van der Waals surface area contributed by atoms with E-state index in [1.807, 2.05) is 0 Å². The first-order valence-corrected chi connectivity index (χ1v) is 6.49. The largest absolute Gasteiger partial charge is 0.378 e. The molecule has 110 valence electrons. The van der Waals surface area contributed by atoms with Gasteiger partial charge in [-0.3, -0.25) is 10.1 Å². The van der Waals surface area contributed by atoms with Crippen molar-refractivity contribution < 1.29 is 18.1 Å². The Morgan fingerprint density at radius 2 is 1.86 bits per heavy atom. The Balaban J connectivity index is 2.25. The van der Waals surface area contributed by atoms with Gasteiger partial charge in [-0.25, -0.2) is 13.2 Å². The number of nitro benzene ring substituents is 1. The summed E-state index contributed by atoms with van der Waals surface area (Å²) in [7, 11) is 0. The lowest BCUT2D eigenvalue weighted by molar-refractivity contribution is -0.385. The Kier molecular flexibility index (Phi) is 4.46. The predicted molar refractivity (Wildman–Crippen MR) is 74.4 cm³/mol. The molecule has 4 nitrogen and oxygen atoms in total. The molecule has 8 heteroatoms. The Labute approximate surface area is 125 Å². The van der Waals surface area contributed by atoms with E-state index in [-0.39, 0.29) is 23.5 Å². The Morgan fingerprint density at radius 3 is 2.52 bits per heavy atom. The molecular weight excluding hydrogens is 353 g/mol. The van der Waals surface area contributed by atoms with E-state index in [0.717, 1.165) is 12.1 Å². The number of nitrogens with zero attached hydrogens (tertiary/aromatic N) is 1. The number of anilines is 1. The molecule has 21 heavy (non-hydrogen) atoms. The SMILES string of the molecule is O=[N+]([O-])c1cc(Br)ccc1CNc1ccc(F)c(F)c1F. The fourth-order valence-electron chi connectivity index (χ4n) is 1.71. The number of nitrogens with one attached hydrogen (secondary N) is 1. The van der Waals surface area contributed by atoms with Crippen LogP contribution in [-0.2, 0) is 6.54 Å². The Morgan fingerprint density at radius 1 is 1.14 bits per heavy atom. The van der Waals surface area contributed by atoms with Gasteiger partial charge in [0, 0.05) is 22.6 Å². The van der Waals surface area contributed by atoms with Crippen LogP contribution in [-0.4, -0.2) is 4.92 Å². The number of nitro groups is 1. The molecule has 0 aliphatic heterocycles. The van der Waals surface area contributed by atoms with Crippen molar-refractivity contribution in [1.82, 2.24) is 0 Å². The van der Waals surface area contributed by atoms with Gasteiger partial charge in [0.15, 0.2) is 17.5 Å². The first kappa shape index (κ1) is 15.3. The molecule has 2 aromatic rings. The third-order valence-corrected chi connectivity index (χ3v) is 3.24. The maximum Gasteiger partial charge on any atom is 0.275 e. The Bertz CT molecular complexity index is 710. The molecule has 0 aromatic heterocycles. The second-order valence-electron chi connectivity index (χ2n) is 4.11. The molecule has 0 fully saturated rings. The van der Waals surface area contributed by atoms with Gasteiger partial charge in [0.1, 0.15) is 0 Å². The highest BCUT2D eigenvalue weighted by Gasteiger charge is 2.16. The molecule has 0 spiro atoms. The van der Waals surface area contributed by atoms with E-state index in [2.05, 4.69) is 21.2 Å². The van der Waals surface area contributed by atoms with Gasteiger partial charge in [-0.2, -0.15) is 0 Å². The quantitative estimate of drug-likeness (QED) is 0.499. The summed E-state index contributed by atoms with van der Waals surface area (Å²) in [6.45, 7) is -0.106. The molecule has 0 saturated heterocycles. The van der Waals surface area contributed by atoms with Crippen molar-refractivity contribution in [2.45, 2.75) is 6.54 Å². The van der Waals surface area contributed by atoms with Crippen LogP contribution in [0.15, 0.2) is 34.8 Å². The highest BCUT2D eigenvalue weighted by molar-refractivity contribution is 9.10. The lowest BCUT2D eigenvalue weighted by atomic mass is 10.1. The molecule has 0 bridgehead atoms. The fourth-order valence-corrected chi connectivity index (χ4v) is 2.06. The zero-order valence-corrected chi connectivity index (χ0v) is 12.0. The summed E-state index contributed by atoms with van der Waals surface area (Å²) in [4.78, 5) is 10.3. The van der Waals surface area contributed by atoms with Crippen molar-refractivity contribution in [2.24, 2.45) is 0 Å². The van der Waals surface area contributed by atoms with Gasteiger partial charge in [-0.15, -0.1) is 0 Å². The van der Waals surface area contributed by atoms with E-state index in [0.29, 0.717) is 4.47 Å². The number of halogens is 4. The minimum Gasteiger partial charge on any atom is -0.378 e. The predicted octanol–water partition coefficient (Wildman–Crippen LogP) is 4.39. The number of hydrogen-bond acceptors (Lipinski definition) is 3. The summed E-state index contributed by atoms with van der Waals surface area (Å²) < 4.78 is 39.9. The van der Waals surface area contributed by atoms with E-state index < -0.39 is 22.4 Å². The Hall–Kier alpha value is -2.09.